The van der Waals surface area contributed by atoms with Crippen LogP contribution in [0.2, 0.25) is 0 Å². The minimum Gasteiger partial charge on any atom is -0.371 e. The maximum Gasteiger partial charge on any atom is 0.246 e. The highest BCUT2D eigenvalue weighted by atomic mass is 16.2. The van der Waals surface area contributed by atoms with Gasteiger partial charge >= 0.3 is 0 Å². The van der Waals surface area contributed by atoms with Gasteiger partial charge in [-0.3, -0.25) is 4.79 Å². The number of hydrogen-bond acceptors (Lipinski definition) is 3. The largest absolute Gasteiger partial charge is 0.371 e. The highest BCUT2D eigenvalue weighted by Gasteiger charge is 2.32. The number of rotatable bonds is 3. The van der Waals surface area contributed by atoms with Crippen LogP contribution in [0, 0.1) is 5.41 Å². The number of anilines is 2. The minimum absolute atomic E-state index is 0.0563. The normalized spacial score (nSPS) is 23.9. The Morgan fingerprint density at radius 3 is 2.90 bits per heavy atom. The molecule has 4 nitrogen and oxygen atoms in total. The number of carbonyl (C=O) groups excluding carboxylic acids is 1. The minimum atomic E-state index is -0.195. The monoisotopic (exact) mass is 273 g/mol. The molecule has 20 heavy (non-hydrogen) atoms. The first kappa shape index (κ1) is 13.4. The molecular weight excluding hydrogens is 250 g/mol. The second kappa shape index (κ2) is 4.77. The molecule has 0 aliphatic carbocycles. The van der Waals surface area contributed by atoms with Crippen LogP contribution in [-0.4, -0.2) is 25.5 Å². The van der Waals surface area contributed by atoms with Gasteiger partial charge < -0.3 is 15.5 Å². The van der Waals surface area contributed by atoms with Crippen LogP contribution in [0.4, 0.5) is 11.4 Å². The third-order valence-corrected chi connectivity index (χ3v) is 4.32. The molecule has 0 spiro atoms. The number of nitrogens with zero attached hydrogens (tertiary/aromatic N) is 1. The van der Waals surface area contributed by atoms with Crippen LogP contribution in [0.3, 0.4) is 0 Å². The van der Waals surface area contributed by atoms with Crippen molar-refractivity contribution in [3.05, 3.63) is 23.8 Å². The molecule has 2 aliphatic heterocycles. The lowest BCUT2D eigenvalue weighted by Gasteiger charge is -2.22. The Morgan fingerprint density at radius 1 is 1.45 bits per heavy atom. The van der Waals surface area contributed by atoms with Gasteiger partial charge in [0.2, 0.25) is 5.91 Å². The molecule has 0 saturated carbocycles. The molecule has 1 fully saturated rings. The Hall–Kier alpha value is -1.55. The summed E-state index contributed by atoms with van der Waals surface area (Å²) < 4.78 is 0. The Bertz CT molecular complexity index is 539. The molecule has 4 heteroatoms. The molecule has 2 aliphatic rings. The number of nitrogens with one attached hydrogen (secondary N) is 2. The van der Waals surface area contributed by atoms with Gasteiger partial charge in [0.25, 0.3) is 0 Å². The molecule has 1 aromatic carbocycles. The molecule has 1 saturated heterocycles. The van der Waals surface area contributed by atoms with Crippen LogP contribution >= 0.6 is 0 Å². The molecule has 108 valence electrons. The van der Waals surface area contributed by atoms with Crippen LogP contribution < -0.4 is 15.5 Å². The summed E-state index contributed by atoms with van der Waals surface area (Å²) in [4.78, 5) is 14.4. The lowest BCUT2D eigenvalue weighted by molar-refractivity contribution is -0.117. The number of hydrogen-bond donors (Lipinski definition) is 2. The van der Waals surface area contributed by atoms with Crippen molar-refractivity contribution in [3.8, 4) is 0 Å². The second-order valence-electron chi connectivity index (χ2n) is 6.59. The van der Waals surface area contributed by atoms with Crippen LogP contribution in [-0.2, 0) is 4.79 Å². The summed E-state index contributed by atoms with van der Waals surface area (Å²) in [6.45, 7) is 9.60. The third-order valence-electron chi connectivity index (χ3n) is 4.32. The van der Waals surface area contributed by atoms with Gasteiger partial charge in [0, 0.05) is 30.0 Å². The number of likely N-dealkylation sites (N-methyl/N-ethyl adjacent to an activating group) is 1. The number of benzene rings is 1. The predicted octanol–water partition coefficient (Wildman–Crippen LogP) is 2.53. The number of amides is 1. The Balaban J connectivity index is 1.85. The average molecular weight is 273 g/mol. The van der Waals surface area contributed by atoms with E-state index in [0.717, 1.165) is 30.9 Å². The molecule has 0 radical (unpaired) electrons. The van der Waals surface area contributed by atoms with Crippen molar-refractivity contribution in [1.82, 2.24) is 5.32 Å². The van der Waals surface area contributed by atoms with Gasteiger partial charge in [-0.15, -0.1) is 0 Å². The zero-order chi connectivity index (χ0) is 14.3. The Morgan fingerprint density at radius 2 is 2.25 bits per heavy atom. The highest BCUT2D eigenvalue weighted by molar-refractivity contribution is 6.03. The Kier molecular flexibility index (Phi) is 3.21. The first-order valence-corrected chi connectivity index (χ1v) is 7.43. The summed E-state index contributed by atoms with van der Waals surface area (Å²) in [6.07, 6.45) is 1.22. The van der Waals surface area contributed by atoms with E-state index in [4.69, 9.17) is 0 Å². The van der Waals surface area contributed by atoms with E-state index in [1.54, 1.807) is 0 Å². The lowest BCUT2D eigenvalue weighted by Crippen LogP contribution is -2.27. The summed E-state index contributed by atoms with van der Waals surface area (Å²) in [7, 11) is 0. The molecule has 0 bridgehead atoms. The maximum absolute atomic E-state index is 12.0. The average Bonchev–Trinajstić information content (AvgIpc) is 2.90. The van der Waals surface area contributed by atoms with Crippen molar-refractivity contribution in [2.75, 3.05) is 29.9 Å². The maximum atomic E-state index is 12.0. The fourth-order valence-corrected chi connectivity index (χ4v) is 3.19. The summed E-state index contributed by atoms with van der Waals surface area (Å²) in [5.74, 6) is 0.0563. The van der Waals surface area contributed by atoms with Gasteiger partial charge in [-0.25, -0.2) is 0 Å². The van der Waals surface area contributed by atoms with Crippen LogP contribution in [0.25, 0.3) is 0 Å². The first-order valence-electron chi connectivity index (χ1n) is 7.43. The molecule has 1 aromatic rings. The molecule has 2 N–H and O–H groups in total. The van der Waals surface area contributed by atoms with E-state index >= 15 is 0 Å². The fraction of sp³-hybridized carbons (Fsp3) is 0.562. The molecule has 2 heterocycles. The summed E-state index contributed by atoms with van der Waals surface area (Å²) >= 11 is 0. The number of carbonyl (C=O) groups is 1. The first-order chi connectivity index (χ1) is 9.50. The van der Waals surface area contributed by atoms with E-state index in [1.165, 1.54) is 12.1 Å². The van der Waals surface area contributed by atoms with Crippen LogP contribution in [0.1, 0.15) is 38.8 Å². The van der Waals surface area contributed by atoms with Crippen LogP contribution in [0.15, 0.2) is 18.2 Å². The second-order valence-corrected chi connectivity index (χ2v) is 6.59. The van der Waals surface area contributed by atoms with Crippen molar-refractivity contribution in [2.24, 2.45) is 5.41 Å². The van der Waals surface area contributed by atoms with E-state index < -0.39 is 0 Å². The van der Waals surface area contributed by atoms with Crippen molar-refractivity contribution < 1.29 is 4.79 Å². The van der Waals surface area contributed by atoms with Crippen molar-refractivity contribution in [3.63, 3.8) is 0 Å². The topological polar surface area (TPSA) is 44.4 Å². The zero-order valence-corrected chi connectivity index (χ0v) is 12.5. The third kappa shape index (κ3) is 2.29. The fourth-order valence-electron chi connectivity index (χ4n) is 3.19. The molecule has 1 amide bonds. The van der Waals surface area contributed by atoms with Gasteiger partial charge in [0.05, 0.1) is 0 Å². The van der Waals surface area contributed by atoms with Crippen LogP contribution in [0.5, 0.6) is 0 Å². The standard InChI is InChI=1S/C16H23N3O/c1-4-17-14-12-6-5-11(9-13(12)18-15(14)20)19-8-7-16(2,3)10-19/h5-6,9,14,17H,4,7-8,10H2,1-3H3,(H,18,20). The number of fused-ring (bicyclic) bond motifs is 1. The predicted molar refractivity (Wildman–Crippen MR) is 82.1 cm³/mol. The summed E-state index contributed by atoms with van der Waals surface area (Å²) in [6, 6.07) is 6.15. The van der Waals surface area contributed by atoms with Gasteiger partial charge in [0.1, 0.15) is 6.04 Å². The Labute approximate surface area is 120 Å². The van der Waals surface area contributed by atoms with Gasteiger partial charge in [-0.1, -0.05) is 26.8 Å². The highest BCUT2D eigenvalue weighted by Crippen LogP contribution is 2.37. The van der Waals surface area contributed by atoms with Gasteiger partial charge in [0.15, 0.2) is 0 Å². The smallest absolute Gasteiger partial charge is 0.246 e. The van der Waals surface area contributed by atoms with Crippen molar-refractivity contribution in [2.45, 2.75) is 33.2 Å². The molecule has 1 unspecified atom stereocenters. The molecule has 3 rings (SSSR count). The van der Waals surface area contributed by atoms with E-state index in [9.17, 15) is 4.79 Å². The molecular formula is C16H23N3O. The lowest BCUT2D eigenvalue weighted by atomic mass is 9.93. The summed E-state index contributed by atoms with van der Waals surface area (Å²) in [5, 5.41) is 6.22. The van der Waals surface area contributed by atoms with E-state index in [0.29, 0.717) is 5.41 Å². The van der Waals surface area contributed by atoms with Crippen molar-refractivity contribution in [1.29, 1.82) is 0 Å². The SMILES string of the molecule is CCNC1C(=O)Nc2cc(N3CCC(C)(C)C3)ccc21. The zero-order valence-electron chi connectivity index (χ0n) is 12.5. The van der Waals surface area contributed by atoms with Gasteiger partial charge in [-0.2, -0.15) is 0 Å². The quantitative estimate of drug-likeness (QED) is 0.889. The molecule has 1 atom stereocenters. The van der Waals surface area contributed by atoms with Gasteiger partial charge in [-0.05, 0) is 30.5 Å². The van der Waals surface area contributed by atoms with E-state index in [1.807, 2.05) is 6.92 Å². The van der Waals surface area contributed by atoms with E-state index in [-0.39, 0.29) is 11.9 Å². The molecule has 0 aromatic heterocycles. The van der Waals surface area contributed by atoms with E-state index in [2.05, 4.69) is 47.6 Å². The summed E-state index contributed by atoms with van der Waals surface area (Å²) in [5.41, 5.74) is 3.63. The van der Waals surface area contributed by atoms with Crippen molar-refractivity contribution >= 4 is 17.3 Å².